The molecule has 1 nitrogen and oxygen atoms in total. The van der Waals surface area contributed by atoms with Crippen LogP contribution in [0.3, 0.4) is 0 Å². The first kappa shape index (κ1) is 14.2. The van der Waals surface area contributed by atoms with Gasteiger partial charge in [-0.1, -0.05) is 24.6 Å². The fourth-order valence-electron chi connectivity index (χ4n) is 2.89. The van der Waals surface area contributed by atoms with Crippen molar-refractivity contribution in [2.24, 2.45) is 11.8 Å². The third-order valence-corrected chi connectivity index (χ3v) is 4.10. The van der Waals surface area contributed by atoms with E-state index in [1.54, 1.807) is 12.2 Å². The summed E-state index contributed by atoms with van der Waals surface area (Å²) in [7, 11) is 0. The Balaban J connectivity index is 2.13. The van der Waals surface area contributed by atoms with Crippen molar-refractivity contribution in [3.05, 3.63) is 35.1 Å². The van der Waals surface area contributed by atoms with Crippen LogP contribution in [0.4, 0.5) is 13.2 Å². The van der Waals surface area contributed by atoms with Gasteiger partial charge in [0.25, 0.3) is 0 Å². The molecule has 106 valence electrons. The minimum atomic E-state index is -4.16. The first-order chi connectivity index (χ1) is 8.91. The van der Waals surface area contributed by atoms with Crippen molar-refractivity contribution in [2.45, 2.75) is 45.2 Å². The Morgan fingerprint density at radius 2 is 2.05 bits per heavy atom. The standard InChI is InChI=1S/C15H19F3O/c1-2-10-6-7-12(9-14(10)19)11-4-3-5-13(8-11)15(16,17)18/h3,5,9,11,13,19H,2,4,6-8H2,1H3. The number of alkyl halides is 3. The van der Waals surface area contributed by atoms with E-state index in [0.29, 0.717) is 6.42 Å². The summed E-state index contributed by atoms with van der Waals surface area (Å²) in [5.74, 6) is -1.16. The lowest BCUT2D eigenvalue weighted by molar-refractivity contribution is -0.165. The molecule has 2 aliphatic rings. The van der Waals surface area contributed by atoms with Crippen LogP contribution in [-0.2, 0) is 0 Å². The highest BCUT2D eigenvalue weighted by molar-refractivity contribution is 5.30. The summed E-state index contributed by atoms with van der Waals surface area (Å²) >= 11 is 0. The van der Waals surface area contributed by atoms with Gasteiger partial charge in [-0.15, -0.1) is 0 Å². The molecule has 0 radical (unpaired) electrons. The lowest BCUT2D eigenvalue weighted by Gasteiger charge is -2.30. The highest BCUT2D eigenvalue weighted by Crippen LogP contribution is 2.41. The number of hydrogen-bond acceptors (Lipinski definition) is 1. The highest BCUT2D eigenvalue weighted by Gasteiger charge is 2.40. The Bertz CT molecular complexity index is 429. The van der Waals surface area contributed by atoms with E-state index in [1.165, 1.54) is 6.08 Å². The van der Waals surface area contributed by atoms with Crippen molar-refractivity contribution < 1.29 is 18.3 Å². The van der Waals surface area contributed by atoms with Gasteiger partial charge in [0.2, 0.25) is 0 Å². The molecule has 0 aliphatic heterocycles. The van der Waals surface area contributed by atoms with E-state index in [1.807, 2.05) is 6.92 Å². The predicted molar refractivity (Wildman–Crippen MR) is 68.7 cm³/mol. The smallest absolute Gasteiger partial charge is 0.395 e. The minimum Gasteiger partial charge on any atom is -0.508 e. The highest BCUT2D eigenvalue weighted by atomic mass is 19.4. The van der Waals surface area contributed by atoms with Gasteiger partial charge in [0.05, 0.1) is 5.92 Å². The molecular weight excluding hydrogens is 253 g/mol. The lowest BCUT2D eigenvalue weighted by atomic mass is 9.78. The molecule has 2 unspecified atom stereocenters. The fourth-order valence-corrected chi connectivity index (χ4v) is 2.89. The Kier molecular flexibility index (Phi) is 4.07. The molecule has 0 saturated heterocycles. The molecule has 4 heteroatoms. The van der Waals surface area contributed by atoms with Crippen molar-refractivity contribution in [1.29, 1.82) is 0 Å². The van der Waals surface area contributed by atoms with Gasteiger partial charge in [0.15, 0.2) is 0 Å². The summed E-state index contributed by atoms with van der Waals surface area (Å²) in [6, 6.07) is 0. The maximum atomic E-state index is 12.7. The van der Waals surface area contributed by atoms with Crippen molar-refractivity contribution >= 4 is 0 Å². The number of hydrogen-bond donors (Lipinski definition) is 1. The Labute approximate surface area is 111 Å². The molecule has 0 aromatic heterocycles. The fraction of sp³-hybridized carbons (Fsp3) is 0.600. The first-order valence-electron chi connectivity index (χ1n) is 6.76. The van der Waals surface area contributed by atoms with Crippen LogP contribution in [0.5, 0.6) is 0 Å². The van der Waals surface area contributed by atoms with Crippen molar-refractivity contribution in [1.82, 2.24) is 0 Å². The monoisotopic (exact) mass is 272 g/mol. The molecule has 2 aliphatic carbocycles. The van der Waals surface area contributed by atoms with Crippen molar-refractivity contribution in [3.63, 3.8) is 0 Å². The Hall–Kier alpha value is -1.19. The molecule has 0 bridgehead atoms. The van der Waals surface area contributed by atoms with E-state index < -0.39 is 12.1 Å². The second-order valence-corrected chi connectivity index (χ2v) is 5.31. The molecule has 0 fully saturated rings. The maximum Gasteiger partial charge on any atom is 0.395 e. The van der Waals surface area contributed by atoms with Crippen LogP contribution in [0.1, 0.15) is 39.0 Å². The Morgan fingerprint density at radius 3 is 2.63 bits per heavy atom. The third-order valence-electron chi connectivity index (χ3n) is 4.10. The van der Waals surface area contributed by atoms with E-state index in [-0.39, 0.29) is 18.1 Å². The topological polar surface area (TPSA) is 20.2 Å². The number of aliphatic hydroxyl groups excluding tert-OH is 1. The van der Waals surface area contributed by atoms with Crippen LogP contribution < -0.4 is 0 Å². The van der Waals surface area contributed by atoms with Crippen molar-refractivity contribution in [2.75, 3.05) is 0 Å². The molecule has 0 saturated carbocycles. The average Bonchev–Trinajstić information content (AvgIpc) is 2.38. The van der Waals surface area contributed by atoms with Gasteiger partial charge < -0.3 is 5.11 Å². The average molecular weight is 272 g/mol. The van der Waals surface area contributed by atoms with E-state index in [0.717, 1.165) is 30.4 Å². The van der Waals surface area contributed by atoms with Crippen LogP contribution in [0.25, 0.3) is 0 Å². The van der Waals surface area contributed by atoms with Crippen molar-refractivity contribution in [3.8, 4) is 0 Å². The zero-order chi connectivity index (χ0) is 14.0. The summed E-state index contributed by atoms with van der Waals surface area (Å²) in [5.41, 5.74) is 1.97. The van der Waals surface area contributed by atoms with E-state index >= 15 is 0 Å². The molecular formula is C15H19F3O. The molecule has 0 heterocycles. The molecule has 2 rings (SSSR count). The van der Waals surface area contributed by atoms with Gasteiger partial charge in [0.1, 0.15) is 5.76 Å². The molecule has 2 atom stereocenters. The predicted octanol–water partition coefficient (Wildman–Crippen LogP) is 5.07. The van der Waals surface area contributed by atoms with Crippen LogP contribution in [0.15, 0.2) is 35.1 Å². The van der Waals surface area contributed by atoms with Gasteiger partial charge in [0, 0.05) is 0 Å². The summed E-state index contributed by atoms with van der Waals surface area (Å²) in [6.45, 7) is 1.98. The number of allylic oxidation sites excluding steroid dienone is 5. The number of aliphatic hydroxyl groups is 1. The molecule has 0 aromatic carbocycles. The molecule has 19 heavy (non-hydrogen) atoms. The van der Waals surface area contributed by atoms with Gasteiger partial charge in [-0.05, 0) is 49.7 Å². The van der Waals surface area contributed by atoms with E-state index in [4.69, 9.17) is 0 Å². The minimum absolute atomic E-state index is 0.0859. The zero-order valence-electron chi connectivity index (χ0n) is 11.0. The normalized spacial score (nSPS) is 28.5. The quantitative estimate of drug-likeness (QED) is 0.695. The molecule has 0 aromatic rings. The van der Waals surface area contributed by atoms with E-state index in [9.17, 15) is 18.3 Å². The SMILES string of the molecule is CCC1=C(O)C=C(C2CC=CC(C(F)(F)F)C2)CC1. The summed E-state index contributed by atoms with van der Waals surface area (Å²) in [6.07, 6.45) is 3.53. The van der Waals surface area contributed by atoms with Gasteiger partial charge in [-0.2, -0.15) is 13.2 Å². The summed E-state index contributed by atoms with van der Waals surface area (Å²) < 4.78 is 38.2. The van der Waals surface area contributed by atoms with Crippen LogP contribution in [0, 0.1) is 11.8 Å². The molecule has 0 spiro atoms. The second kappa shape index (κ2) is 5.43. The molecule has 1 N–H and O–H groups in total. The second-order valence-electron chi connectivity index (χ2n) is 5.31. The van der Waals surface area contributed by atoms with Crippen LogP contribution in [0.2, 0.25) is 0 Å². The van der Waals surface area contributed by atoms with Crippen LogP contribution >= 0.6 is 0 Å². The zero-order valence-corrected chi connectivity index (χ0v) is 11.0. The Morgan fingerprint density at radius 1 is 1.32 bits per heavy atom. The largest absolute Gasteiger partial charge is 0.508 e. The lowest BCUT2D eigenvalue weighted by Crippen LogP contribution is -2.27. The van der Waals surface area contributed by atoms with Gasteiger partial charge in [-0.3, -0.25) is 0 Å². The first-order valence-corrected chi connectivity index (χ1v) is 6.76. The van der Waals surface area contributed by atoms with Gasteiger partial charge in [-0.25, -0.2) is 0 Å². The molecule has 0 amide bonds. The number of rotatable bonds is 2. The van der Waals surface area contributed by atoms with E-state index in [2.05, 4.69) is 0 Å². The van der Waals surface area contributed by atoms with Gasteiger partial charge >= 0.3 is 6.18 Å². The third kappa shape index (κ3) is 3.23. The van der Waals surface area contributed by atoms with Crippen LogP contribution in [-0.4, -0.2) is 11.3 Å². The maximum absolute atomic E-state index is 12.7. The summed E-state index contributed by atoms with van der Waals surface area (Å²) in [4.78, 5) is 0. The number of halogens is 3. The summed E-state index contributed by atoms with van der Waals surface area (Å²) in [5, 5.41) is 9.86.